The monoisotopic (exact) mass is 208 g/mol. The van der Waals surface area contributed by atoms with Crippen LogP contribution in [-0.4, -0.2) is 25.8 Å². The topological polar surface area (TPSA) is 18.5 Å². The van der Waals surface area contributed by atoms with Crippen LogP contribution >= 0.6 is 15.9 Å². The lowest BCUT2D eigenvalue weighted by atomic mass is 10.3. The van der Waals surface area contributed by atoms with E-state index in [2.05, 4.69) is 15.9 Å². The highest BCUT2D eigenvalue weighted by Gasteiger charge is 1.98. The third kappa shape index (κ3) is 4.04. The number of halogens is 1. The molecule has 10 heavy (non-hydrogen) atoms. The molecular weight excluding hydrogens is 196 g/mol. The Bertz CT molecular complexity index is 108. The van der Waals surface area contributed by atoms with Gasteiger partial charge in [-0.3, -0.25) is 0 Å². The predicted octanol–water partition coefficient (Wildman–Crippen LogP) is 1.95. The molecule has 0 spiro atoms. The fraction of sp³-hybridized carbons (Fsp3) is 0.714. The quantitative estimate of drug-likeness (QED) is 0.400. The predicted molar refractivity (Wildman–Crippen MR) is 45.4 cm³/mol. The molecule has 0 saturated carbocycles. The average Bonchev–Trinajstić information content (AvgIpc) is 1.99. The maximum Gasteiger partial charge on any atom is 0.176 e. The van der Waals surface area contributed by atoms with Crippen molar-refractivity contribution in [3.8, 4) is 0 Å². The van der Waals surface area contributed by atoms with Gasteiger partial charge in [0.25, 0.3) is 0 Å². The van der Waals surface area contributed by atoms with Gasteiger partial charge in [0.05, 0.1) is 0 Å². The first-order valence-corrected chi connectivity index (χ1v) is 4.15. The molecular formula is C7H13BrO2. The van der Waals surface area contributed by atoms with Gasteiger partial charge in [-0.05, 0) is 13.0 Å². The van der Waals surface area contributed by atoms with Gasteiger partial charge in [0, 0.05) is 19.5 Å². The molecule has 60 valence electrons. The molecule has 0 unspecified atom stereocenters. The minimum atomic E-state index is -0.211. The van der Waals surface area contributed by atoms with Crippen molar-refractivity contribution in [1.29, 1.82) is 0 Å². The molecule has 0 rings (SSSR count). The number of rotatable bonds is 4. The van der Waals surface area contributed by atoms with Crippen molar-refractivity contribution in [2.75, 3.05) is 19.5 Å². The van der Waals surface area contributed by atoms with Crippen molar-refractivity contribution in [3.05, 3.63) is 11.6 Å². The summed E-state index contributed by atoms with van der Waals surface area (Å²) in [6.45, 7) is 2.01. The highest BCUT2D eigenvalue weighted by molar-refractivity contribution is 9.09. The molecule has 0 radical (unpaired) electrons. The van der Waals surface area contributed by atoms with Crippen molar-refractivity contribution < 1.29 is 9.47 Å². The van der Waals surface area contributed by atoms with Crippen LogP contribution in [0.5, 0.6) is 0 Å². The van der Waals surface area contributed by atoms with Gasteiger partial charge in [-0.2, -0.15) is 0 Å². The van der Waals surface area contributed by atoms with Gasteiger partial charge in [-0.25, -0.2) is 0 Å². The van der Waals surface area contributed by atoms with Crippen LogP contribution < -0.4 is 0 Å². The molecule has 0 aliphatic carbocycles. The molecule has 0 aromatic carbocycles. The molecule has 0 aliphatic rings. The zero-order chi connectivity index (χ0) is 7.98. The van der Waals surface area contributed by atoms with E-state index in [1.54, 1.807) is 14.2 Å². The fourth-order valence-corrected chi connectivity index (χ4v) is 0.696. The first-order chi connectivity index (χ1) is 4.74. The number of methoxy groups -OCH3 is 2. The van der Waals surface area contributed by atoms with Crippen molar-refractivity contribution >= 4 is 15.9 Å². The van der Waals surface area contributed by atoms with E-state index in [1.807, 2.05) is 13.0 Å². The van der Waals surface area contributed by atoms with Crippen LogP contribution in [0.2, 0.25) is 0 Å². The first-order valence-electron chi connectivity index (χ1n) is 3.03. The van der Waals surface area contributed by atoms with E-state index in [1.165, 1.54) is 5.57 Å². The lowest BCUT2D eigenvalue weighted by Crippen LogP contribution is -2.09. The van der Waals surface area contributed by atoms with E-state index in [9.17, 15) is 0 Å². The van der Waals surface area contributed by atoms with E-state index >= 15 is 0 Å². The minimum Gasteiger partial charge on any atom is -0.352 e. The van der Waals surface area contributed by atoms with E-state index in [-0.39, 0.29) is 6.29 Å². The zero-order valence-electron chi connectivity index (χ0n) is 6.56. The Morgan fingerprint density at radius 2 is 2.00 bits per heavy atom. The molecule has 0 bridgehead atoms. The van der Waals surface area contributed by atoms with Gasteiger partial charge < -0.3 is 9.47 Å². The summed E-state index contributed by atoms with van der Waals surface area (Å²) >= 11 is 3.32. The highest BCUT2D eigenvalue weighted by Crippen LogP contribution is 2.02. The van der Waals surface area contributed by atoms with Crippen molar-refractivity contribution in [1.82, 2.24) is 0 Å². The number of ether oxygens (including phenoxy) is 2. The summed E-state index contributed by atoms with van der Waals surface area (Å²) in [5.74, 6) is 0. The van der Waals surface area contributed by atoms with E-state index < -0.39 is 0 Å². The minimum absolute atomic E-state index is 0.211. The van der Waals surface area contributed by atoms with Crippen LogP contribution in [0, 0.1) is 0 Å². The van der Waals surface area contributed by atoms with Crippen LogP contribution in [0.15, 0.2) is 11.6 Å². The summed E-state index contributed by atoms with van der Waals surface area (Å²) in [7, 11) is 3.23. The maximum absolute atomic E-state index is 4.95. The third-order valence-electron chi connectivity index (χ3n) is 1.10. The van der Waals surface area contributed by atoms with Crippen molar-refractivity contribution in [3.63, 3.8) is 0 Å². The summed E-state index contributed by atoms with van der Waals surface area (Å²) in [4.78, 5) is 0. The molecule has 0 N–H and O–H groups in total. The Balaban J connectivity index is 3.80. The molecule has 0 aliphatic heterocycles. The number of allylic oxidation sites excluding steroid dienone is 1. The van der Waals surface area contributed by atoms with E-state index in [4.69, 9.17) is 9.47 Å². The summed E-state index contributed by atoms with van der Waals surface area (Å²) in [5, 5.41) is 0.857. The van der Waals surface area contributed by atoms with Gasteiger partial charge >= 0.3 is 0 Å². The largest absolute Gasteiger partial charge is 0.352 e. The lowest BCUT2D eigenvalue weighted by molar-refractivity contribution is -0.0670. The lowest BCUT2D eigenvalue weighted by Gasteiger charge is -2.08. The molecule has 2 nitrogen and oxygen atoms in total. The Hall–Kier alpha value is 0.140. The first kappa shape index (κ1) is 10.1. The Labute approximate surface area is 70.3 Å². The smallest absolute Gasteiger partial charge is 0.176 e. The molecule has 0 atom stereocenters. The summed E-state index contributed by atoms with van der Waals surface area (Å²) in [5.41, 5.74) is 1.20. The van der Waals surface area contributed by atoms with Gasteiger partial charge in [0.15, 0.2) is 6.29 Å². The van der Waals surface area contributed by atoms with Crippen LogP contribution in [0.3, 0.4) is 0 Å². The Kier molecular flexibility index (Phi) is 5.97. The van der Waals surface area contributed by atoms with Crippen LogP contribution in [0.4, 0.5) is 0 Å². The maximum atomic E-state index is 4.95. The summed E-state index contributed by atoms with van der Waals surface area (Å²) in [6, 6.07) is 0. The summed E-state index contributed by atoms with van der Waals surface area (Å²) < 4.78 is 9.91. The number of hydrogen-bond donors (Lipinski definition) is 0. The number of hydrogen-bond acceptors (Lipinski definition) is 2. The second-order valence-electron chi connectivity index (χ2n) is 1.99. The summed E-state index contributed by atoms with van der Waals surface area (Å²) in [6.07, 6.45) is 1.71. The SMILES string of the molecule is COC(C=C(C)CBr)OC. The molecule has 0 aromatic rings. The van der Waals surface area contributed by atoms with E-state index in [0.29, 0.717) is 0 Å². The molecule has 0 aromatic heterocycles. The molecule has 0 saturated heterocycles. The second kappa shape index (κ2) is 5.89. The van der Waals surface area contributed by atoms with Crippen molar-refractivity contribution in [2.45, 2.75) is 13.2 Å². The molecule has 0 amide bonds. The van der Waals surface area contributed by atoms with Gasteiger partial charge in [0.2, 0.25) is 0 Å². The van der Waals surface area contributed by atoms with Crippen LogP contribution in [0.25, 0.3) is 0 Å². The average molecular weight is 209 g/mol. The molecule has 0 fully saturated rings. The highest BCUT2D eigenvalue weighted by atomic mass is 79.9. The Morgan fingerprint density at radius 3 is 2.30 bits per heavy atom. The standard InChI is InChI=1S/C7H13BrO2/c1-6(5-8)4-7(9-2)10-3/h4,7H,5H2,1-3H3. The van der Waals surface area contributed by atoms with Gasteiger partial charge in [-0.15, -0.1) is 0 Å². The van der Waals surface area contributed by atoms with Crippen LogP contribution in [0.1, 0.15) is 6.92 Å². The zero-order valence-corrected chi connectivity index (χ0v) is 8.14. The van der Waals surface area contributed by atoms with E-state index in [0.717, 1.165) is 5.33 Å². The number of alkyl halides is 1. The van der Waals surface area contributed by atoms with Gasteiger partial charge in [-0.1, -0.05) is 21.5 Å². The molecule has 0 heterocycles. The Morgan fingerprint density at radius 1 is 1.50 bits per heavy atom. The second-order valence-corrected chi connectivity index (χ2v) is 2.55. The van der Waals surface area contributed by atoms with Gasteiger partial charge in [0.1, 0.15) is 0 Å². The van der Waals surface area contributed by atoms with Crippen LogP contribution in [-0.2, 0) is 9.47 Å². The normalized spacial score (nSPS) is 12.7. The van der Waals surface area contributed by atoms with Crippen molar-refractivity contribution in [2.24, 2.45) is 0 Å². The fourth-order valence-electron chi connectivity index (χ4n) is 0.509. The third-order valence-corrected chi connectivity index (χ3v) is 1.98. The molecule has 3 heteroatoms.